The van der Waals surface area contributed by atoms with Gasteiger partial charge in [0, 0.05) is 0 Å². The van der Waals surface area contributed by atoms with Crippen LogP contribution in [0.5, 0.6) is 0 Å². The van der Waals surface area contributed by atoms with Crippen LogP contribution in [0.4, 0.5) is 0 Å². The molecule has 2 aliphatic heterocycles. The maximum absolute atomic E-state index is 5.27. The topological polar surface area (TPSA) is 25.1 Å². The van der Waals surface area contributed by atoms with E-state index in [-0.39, 0.29) is 0 Å². The van der Waals surface area contributed by atoms with Gasteiger partial charge in [0.15, 0.2) is 0 Å². The van der Waals surface area contributed by atoms with Crippen molar-refractivity contribution >= 4 is 11.6 Å². The van der Waals surface area contributed by atoms with Crippen molar-refractivity contribution in [3.63, 3.8) is 0 Å². The number of halogens is 1. The van der Waals surface area contributed by atoms with Crippen LogP contribution in [0.2, 0.25) is 0 Å². The maximum atomic E-state index is 5.27. The molecule has 2 rings (SSSR count). The first-order valence-corrected chi connectivity index (χ1v) is 4.19. The third-order valence-electron chi connectivity index (χ3n) is 1.43. The lowest BCUT2D eigenvalue weighted by atomic mass is 10.4. The predicted molar refractivity (Wildman–Crippen MR) is 40.5 cm³/mol. The summed E-state index contributed by atoms with van der Waals surface area (Å²) < 4.78 is 9.58. The molecule has 0 radical (unpaired) electrons. The van der Waals surface area contributed by atoms with Crippen LogP contribution in [0.25, 0.3) is 0 Å². The second-order valence-electron chi connectivity index (χ2n) is 2.47. The fraction of sp³-hybridized carbons (Fsp3) is 1.00. The molecule has 0 aliphatic carbocycles. The van der Waals surface area contributed by atoms with Crippen LogP contribution in [0.3, 0.4) is 0 Å². The van der Waals surface area contributed by atoms with Crippen LogP contribution in [0, 0.1) is 0 Å². The number of alkyl halides is 1. The van der Waals surface area contributed by atoms with Gasteiger partial charge in [0.1, 0.15) is 0 Å². The number of ether oxygens (including phenoxy) is 2. The maximum Gasteiger partial charge on any atom is 0.0944 e. The summed E-state index contributed by atoms with van der Waals surface area (Å²) in [5.74, 6) is 0.667. The van der Waals surface area contributed by atoms with E-state index in [1.165, 1.54) is 6.42 Å². The lowest BCUT2D eigenvalue weighted by Crippen LogP contribution is -1.80. The van der Waals surface area contributed by atoms with Gasteiger partial charge in [-0.25, -0.2) is 0 Å². The largest absolute Gasteiger partial charge is 0.373 e. The molecule has 0 aromatic carbocycles. The minimum atomic E-state index is 0.400. The molecule has 2 atom stereocenters. The Morgan fingerprint density at radius 1 is 1.30 bits per heavy atom. The van der Waals surface area contributed by atoms with Gasteiger partial charge in [0.25, 0.3) is 0 Å². The molecule has 2 nitrogen and oxygen atoms in total. The van der Waals surface area contributed by atoms with Crippen LogP contribution < -0.4 is 0 Å². The molecule has 0 aromatic heterocycles. The Morgan fingerprint density at radius 3 is 1.80 bits per heavy atom. The van der Waals surface area contributed by atoms with Crippen LogP contribution in [-0.4, -0.2) is 31.3 Å². The zero-order valence-corrected chi connectivity index (χ0v) is 6.93. The average molecular weight is 165 g/mol. The van der Waals surface area contributed by atoms with E-state index in [9.17, 15) is 0 Å². The van der Waals surface area contributed by atoms with Crippen LogP contribution in [0.1, 0.15) is 13.3 Å². The van der Waals surface area contributed by atoms with Gasteiger partial charge >= 0.3 is 0 Å². The summed E-state index contributed by atoms with van der Waals surface area (Å²) in [6.45, 7) is 4.03. The summed E-state index contributed by atoms with van der Waals surface area (Å²) in [6, 6.07) is 0. The summed E-state index contributed by atoms with van der Waals surface area (Å²) in [6.07, 6.45) is 2.23. The van der Waals surface area contributed by atoms with Crippen molar-refractivity contribution in [2.75, 3.05) is 19.1 Å². The predicted octanol–water partition coefficient (Wildman–Crippen LogP) is 1.42. The SMILES string of the molecule is CCC1CO1.ClCC1CO1. The van der Waals surface area contributed by atoms with Crippen molar-refractivity contribution in [2.24, 2.45) is 0 Å². The molecule has 0 spiro atoms. The van der Waals surface area contributed by atoms with Crippen LogP contribution >= 0.6 is 11.6 Å². The third kappa shape index (κ3) is 4.09. The van der Waals surface area contributed by atoms with Gasteiger partial charge in [-0.15, -0.1) is 11.6 Å². The van der Waals surface area contributed by atoms with E-state index in [0.717, 1.165) is 13.2 Å². The van der Waals surface area contributed by atoms with E-state index in [1.807, 2.05) is 0 Å². The smallest absolute Gasteiger partial charge is 0.0944 e. The summed E-state index contributed by atoms with van der Waals surface area (Å²) in [4.78, 5) is 0. The minimum Gasteiger partial charge on any atom is -0.373 e. The number of epoxide rings is 2. The highest BCUT2D eigenvalue weighted by molar-refractivity contribution is 6.18. The molecule has 2 unspecified atom stereocenters. The monoisotopic (exact) mass is 164 g/mol. The molecule has 60 valence electrons. The van der Waals surface area contributed by atoms with Crippen molar-refractivity contribution in [3.8, 4) is 0 Å². The van der Waals surface area contributed by atoms with Gasteiger partial charge in [-0.2, -0.15) is 0 Å². The number of hydrogen-bond acceptors (Lipinski definition) is 2. The Labute approximate surface area is 66.5 Å². The molecule has 0 amide bonds. The van der Waals surface area contributed by atoms with Gasteiger partial charge in [-0.1, -0.05) is 6.92 Å². The Balaban J connectivity index is 0.0000001000. The van der Waals surface area contributed by atoms with Gasteiger partial charge in [0.05, 0.1) is 31.3 Å². The Kier molecular flexibility index (Phi) is 3.46. The summed E-state index contributed by atoms with van der Waals surface area (Å²) in [5, 5.41) is 0. The molecule has 3 heteroatoms. The Hall–Kier alpha value is 0.210. The van der Waals surface area contributed by atoms with Crippen LogP contribution in [0.15, 0.2) is 0 Å². The normalized spacial score (nSPS) is 34.2. The molecule has 0 bridgehead atoms. The van der Waals surface area contributed by atoms with Crippen molar-refractivity contribution in [3.05, 3.63) is 0 Å². The van der Waals surface area contributed by atoms with E-state index in [0.29, 0.717) is 18.1 Å². The average Bonchev–Trinajstić information content (AvgIpc) is 2.86. The second kappa shape index (κ2) is 4.16. The van der Waals surface area contributed by atoms with Gasteiger partial charge in [0.2, 0.25) is 0 Å². The lowest BCUT2D eigenvalue weighted by Gasteiger charge is -1.69. The van der Waals surface area contributed by atoms with Crippen molar-refractivity contribution in [1.82, 2.24) is 0 Å². The zero-order valence-electron chi connectivity index (χ0n) is 6.18. The first kappa shape index (κ1) is 8.31. The van der Waals surface area contributed by atoms with E-state index < -0.39 is 0 Å². The first-order chi connectivity index (χ1) is 4.86. The highest BCUT2D eigenvalue weighted by Crippen LogP contribution is 2.10. The second-order valence-corrected chi connectivity index (χ2v) is 2.78. The molecule has 2 heterocycles. The molecule has 2 saturated heterocycles. The molecule has 0 aromatic rings. The van der Waals surface area contributed by atoms with Gasteiger partial charge in [-0.3, -0.25) is 0 Å². The number of hydrogen-bond donors (Lipinski definition) is 0. The Morgan fingerprint density at radius 2 is 1.80 bits per heavy atom. The first-order valence-electron chi connectivity index (χ1n) is 3.66. The van der Waals surface area contributed by atoms with E-state index in [4.69, 9.17) is 21.1 Å². The third-order valence-corrected chi connectivity index (χ3v) is 1.78. The van der Waals surface area contributed by atoms with E-state index in [1.54, 1.807) is 0 Å². The fourth-order valence-electron chi connectivity index (χ4n) is 0.461. The Bertz CT molecular complexity index is 77.6. The van der Waals surface area contributed by atoms with E-state index in [2.05, 4.69) is 6.92 Å². The van der Waals surface area contributed by atoms with Gasteiger partial charge in [-0.05, 0) is 6.42 Å². The summed E-state index contributed by atoms with van der Waals surface area (Å²) >= 11 is 5.27. The summed E-state index contributed by atoms with van der Waals surface area (Å²) in [5.41, 5.74) is 0. The molecular weight excluding hydrogens is 152 g/mol. The highest BCUT2D eigenvalue weighted by atomic mass is 35.5. The molecule has 2 fully saturated rings. The molecule has 0 N–H and O–H groups in total. The quantitative estimate of drug-likeness (QED) is 0.456. The van der Waals surface area contributed by atoms with Gasteiger partial charge < -0.3 is 9.47 Å². The molecular formula is C7H13ClO2. The molecule has 0 saturated carbocycles. The zero-order chi connectivity index (χ0) is 7.40. The number of rotatable bonds is 2. The van der Waals surface area contributed by atoms with E-state index >= 15 is 0 Å². The van der Waals surface area contributed by atoms with Crippen molar-refractivity contribution in [2.45, 2.75) is 25.6 Å². The van der Waals surface area contributed by atoms with Crippen molar-refractivity contribution in [1.29, 1.82) is 0 Å². The minimum absolute atomic E-state index is 0.400. The molecule has 10 heavy (non-hydrogen) atoms. The van der Waals surface area contributed by atoms with Crippen LogP contribution in [-0.2, 0) is 9.47 Å². The summed E-state index contributed by atoms with van der Waals surface area (Å²) in [7, 11) is 0. The fourth-order valence-corrected chi connectivity index (χ4v) is 0.639. The highest BCUT2D eigenvalue weighted by Gasteiger charge is 2.19. The molecule has 2 aliphatic rings. The standard InChI is InChI=1S/C4H8O.C3H5ClO/c1-2-4-3-5-4;4-1-3-2-5-3/h4H,2-3H2,1H3;3H,1-2H2. The lowest BCUT2D eigenvalue weighted by molar-refractivity contribution is 0.403. The van der Waals surface area contributed by atoms with Crippen molar-refractivity contribution < 1.29 is 9.47 Å².